The summed E-state index contributed by atoms with van der Waals surface area (Å²) in [5.41, 5.74) is 0. The highest BCUT2D eigenvalue weighted by Crippen LogP contribution is 2.12. The van der Waals surface area contributed by atoms with Crippen molar-refractivity contribution in [3.8, 4) is 0 Å². The van der Waals surface area contributed by atoms with Gasteiger partial charge in [0.25, 0.3) is 0 Å². The SMILES string of the molecule is CCSC(=O)CCCCC(=O)SCC. The maximum Gasteiger partial charge on any atom is 0.188 e. The molecule has 0 heterocycles. The third-order valence-electron chi connectivity index (χ3n) is 1.62. The smallest absolute Gasteiger partial charge is 0.188 e. The fraction of sp³-hybridized carbons (Fsp3) is 0.800. The second kappa shape index (κ2) is 9.59. The van der Waals surface area contributed by atoms with Crippen molar-refractivity contribution in [2.75, 3.05) is 11.5 Å². The summed E-state index contributed by atoms with van der Waals surface area (Å²) >= 11 is 2.74. The molecule has 0 aromatic heterocycles. The molecule has 0 aromatic rings. The van der Waals surface area contributed by atoms with Crippen molar-refractivity contribution in [3.05, 3.63) is 0 Å². The summed E-state index contributed by atoms with van der Waals surface area (Å²) in [6.45, 7) is 3.95. The van der Waals surface area contributed by atoms with Crippen LogP contribution in [0.5, 0.6) is 0 Å². The number of carbonyl (C=O) groups is 2. The number of carbonyl (C=O) groups excluding carboxylic acids is 2. The Morgan fingerprint density at radius 2 is 1.21 bits per heavy atom. The number of thioether (sulfide) groups is 2. The van der Waals surface area contributed by atoms with E-state index in [2.05, 4.69) is 0 Å². The summed E-state index contributed by atoms with van der Waals surface area (Å²) < 4.78 is 0. The summed E-state index contributed by atoms with van der Waals surface area (Å²) in [5, 5.41) is 0.506. The van der Waals surface area contributed by atoms with Gasteiger partial charge in [-0.05, 0) is 24.3 Å². The second-order valence-electron chi connectivity index (χ2n) is 2.82. The Labute approximate surface area is 94.6 Å². The molecule has 0 atom stereocenters. The summed E-state index contributed by atoms with van der Waals surface area (Å²) in [6.07, 6.45) is 2.93. The Balaban J connectivity index is 3.28. The average Bonchev–Trinajstić information content (AvgIpc) is 2.13. The van der Waals surface area contributed by atoms with Crippen molar-refractivity contribution in [2.45, 2.75) is 39.5 Å². The monoisotopic (exact) mass is 234 g/mol. The number of hydrogen-bond acceptors (Lipinski definition) is 4. The van der Waals surface area contributed by atoms with Crippen LogP contribution < -0.4 is 0 Å². The topological polar surface area (TPSA) is 34.1 Å². The Kier molecular flexibility index (Phi) is 9.62. The molecule has 0 bridgehead atoms. The molecule has 0 aliphatic rings. The molecule has 2 nitrogen and oxygen atoms in total. The van der Waals surface area contributed by atoms with Gasteiger partial charge < -0.3 is 0 Å². The van der Waals surface area contributed by atoms with Gasteiger partial charge in [-0.2, -0.15) is 0 Å². The van der Waals surface area contributed by atoms with E-state index in [0.29, 0.717) is 12.8 Å². The third kappa shape index (κ3) is 8.63. The zero-order valence-corrected chi connectivity index (χ0v) is 10.5. The van der Waals surface area contributed by atoms with Gasteiger partial charge in [-0.3, -0.25) is 9.59 Å². The molecule has 0 fully saturated rings. The molecular weight excluding hydrogens is 216 g/mol. The van der Waals surface area contributed by atoms with Crippen LogP contribution in [0.3, 0.4) is 0 Å². The molecule has 0 aromatic carbocycles. The van der Waals surface area contributed by atoms with Crippen molar-refractivity contribution in [1.82, 2.24) is 0 Å². The second-order valence-corrected chi connectivity index (χ2v) is 5.46. The maximum absolute atomic E-state index is 11.1. The van der Waals surface area contributed by atoms with Crippen molar-refractivity contribution >= 4 is 33.8 Å². The number of unbranched alkanes of at least 4 members (excludes halogenated alkanes) is 1. The minimum atomic E-state index is 0.253. The van der Waals surface area contributed by atoms with Crippen molar-refractivity contribution < 1.29 is 9.59 Å². The zero-order chi connectivity index (χ0) is 10.8. The van der Waals surface area contributed by atoms with Gasteiger partial charge in [-0.15, -0.1) is 0 Å². The Morgan fingerprint density at radius 1 is 0.857 bits per heavy atom. The van der Waals surface area contributed by atoms with Gasteiger partial charge in [-0.25, -0.2) is 0 Å². The first kappa shape index (κ1) is 14.0. The molecule has 0 spiro atoms. The van der Waals surface area contributed by atoms with Crippen LogP contribution in [-0.2, 0) is 9.59 Å². The van der Waals surface area contributed by atoms with E-state index in [9.17, 15) is 9.59 Å². The molecule has 0 radical (unpaired) electrons. The molecule has 0 saturated heterocycles. The molecule has 82 valence electrons. The van der Waals surface area contributed by atoms with Gasteiger partial charge in [0.15, 0.2) is 10.2 Å². The van der Waals surface area contributed by atoms with Gasteiger partial charge in [-0.1, -0.05) is 37.4 Å². The normalized spacial score (nSPS) is 10.1. The average molecular weight is 234 g/mol. The number of hydrogen-bond donors (Lipinski definition) is 0. The fourth-order valence-electron chi connectivity index (χ4n) is 1.00. The number of rotatable bonds is 7. The van der Waals surface area contributed by atoms with Crippen LogP contribution in [0.15, 0.2) is 0 Å². The van der Waals surface area contributed by atoms with Crippen LogP contribution in [-0.4, -0.2) is 21.7 Å². The van der Waals surface area contributed by atoms with Gasteiger partial charge >= 0.3 is 0 Å². The van der Waals surface area contributed by atoms with Gasteiger partial charge in [0.2, 0.25) is 0 Å². The minimum Gasteiger partial charge on any atom is -0.287 e. The van der Waals surface area contributed by atoms with Crippen LogP contribution >= 0.6 is 23.5 Å². The highest BCUT2D eigenvalue weighted by atomic mass is 32.2. The first-order chi connectivity index (χ1) is 6.70. The summed E-state index contributed by atoms with van der Waals surface area (Å²) in [4.78, 5) is 22.2. The van der Waals surface area contributed by atoms with Crippen LogP contribution in [0, 0.1) is 0 Å². The molecule has 0 N–H and O–H groups in total. The van der Waals surface area contributed by atoms with E-state index in [1.54, 1.807) is 0 Å². The van der Waals surface area contributed by atoms with E-state index < -0.39 is 0 Å². The first-order valence-electron chi connectivity index (χ1n) is 5.02. The highest BCUT2D eigenvalue weighted by Gasteiger charge is 2.03. The zero-order valence-electron chi connectivity index (χ0n) is 8.88. The molecular formula is C10H18O2S2. The molecule has 0 unspecified atom stereocenters. The van der Waals surface area contributed by atoms with Crippen LogP contribution in [0.4, 0.5) is 0 Å². The molecule has 0 amide bonds. The Morgan fingerprint density at radius 3 is 1.50 bits per heavy atom. The lowest BCUT2D eigenvalue weighted by molar-refractivity contribution is -0.112. The fourth-order valence-corrected chi connectivity index (χ4v) is 2.23. The van der Waals surface area contributed by atoms with E-state index in [4.69, 9.17) is 0 Å². The lowest BCUT2D eigenvalue weighted by Gasteiger charge is -1.99. The van der Waals surface area contributed by atoms with Crippen LogP contribution in [0.25, 0.3) is 0 Å². The predicted octanol–water partition coefficient (Wildman–Crippen LogP) is 3.11. The molecule has 4 heteroatoms. The van der Waals surface area contributed by atoms with E-state index in [1.807, 2.05) is 13.8 Å². The summed E-state index contributed by atoms with van der Waals surface area (Å²) in [6, 6.07) is 0. The lowest BCUT2D eigenvalue weighted by atomic mass is 10.2. The van der Waals surface area contributed by atoms with E-state index in [-0.39, 0.29) is 10.2 Å². The van der Waals surface area contributed by atoms with Crippen LogP contribution in [0.1, 0.15) is 39.5 Å². The largest absolute Gasteiger partial charge is 0.287 e. The van der Waals surface area contributed by atoms with Gasteiger partial charge in [0, 0.05) is 12.8 Å². The predicted molar refractivity (Wildman–Crippen MR) is 64.7 cm³/mol. The van der Waals surface area contributed by atoms with Crippen LogP contribution in [0.2, 0.25) is 0 Å². The standard InChI is InChI=1S/C10H18O2S2/c1-3-13-9(11)7-5-6-8-10(12)14-4-2/h3-8H2,1-2H3. The molecule has 0 rings (SSSR count). The van der Waals surface area contributed by atoms with E-state index in [0.717, 1.165) is 24.3 Å². The summed E-state index contributed by atoms with van der Waals surface area (Å²) in [7, 11) is 0. The quantitative estimate of drug-likeness (QED) is 0.634. The first-order valence-corrected chi connectivity index (χ1v) is 6.99. The lowest BCUT2D eigenvalue weighted by Crippen LogP contribution is -1.95. The van der Waals surface area contributed by atoms with Crippen molar-refractivity contribution in [3.63, 3.8) is 0 Å². The molecule has 0 aliphatic heterocycles. The van der Waals surface area contributed by atoms with E-state index in [1.165, 1.54) is 23.5 Å². The van der Waals surface area contributed by atoms with Gasteiger partial charge in [0.1, 0.15) is 0 Å². The molecule has 0 saturated carbocycles. The van der Waals surface area contributed by atoms with Gasteiger partial charge in [0.05, 0.1) is 0 Å². The Bertz CT molecular complexity index is 161. The van der Waals surface area contributed by atoms with Crippen molar-refractivity contribution in [2.24, 2.45) is 0 Å². The highest BCUT2D eigenvalue weighted by molar-refractivity contribution is 8.13. The third-order valence-corrected chi connectivity index (χ3v) is 3.25. The molecule has 0 aliphatic carbocycles. The Hall–Kier alpha value is 0.0400. The maximum atomic E-state index is 11.1. The van der Waals surface area contributed by atoms with Crippen molar-refractivity contribution in [1.29, 1.82) is 0 Å². The summed E-state index contributed by atoms with van der Waals surface area (Å²) in [5.74, 6) is 1.70. The molecule has 14 heavy (non-hydrogen) atoms. The van der Waals surface area contributed by atoms with E-state index >= 15 is 0 Å². The minimum absolute atomic E-state index is 0.253.